The monoisotopic (exact) mass is 298 g/mol. The third-order valence-corrected chi connectivity index (χ3v) is 10.0. The van der Waals surface area contributed by atoms with Crippen LogP contribution in [-0.4, -0.2) is 10.5 Å². The van der Waals surface area contributed by atoms with Crippen molar-refractivity contribution in [2.24, 2.45) is 47.3 Å². The normalized spacial score (nSPS) is 61.9. The Hall–Kier alpha value is -0.170. The van der Waals surface area contributed by atoms with Crippen molar-refractivity contribution in [1.82, 2.24) is 0 Å². The van der Waals surface area contributed by atoms with Crippen molar-refractivity contribution in [2.75, 3.05) is 0 Å². The summed E-state index contributed by atoms with van der Waals surface area (Å²) in [6.45, 7) is 0. The maximum atomic E-state index is 2.60. The fourth-order valence-corrected chi connectivity index (χ4v) is 9.66. The highest BCUT2D eigenvalue weighted by Gasteiger charge is 2.56. The number of hydrogen-bond acceptors (Lipinski definition) is 1. The number of fused-ring (bicyclic) bond motifs is 10. The van der Waals surface area contributed by atoms with Gasteiger partial charge in [-0.1, -0.05) is 24.3 Å². The largest absolute Gasteiger partial charge is 0.155 e. The molecule has 10 unspecified atom stereocenters. The van der Waals surface area contributed by atoms with E-state index in [1.54, 1.807) is 25.7 Å². The zero-order valence-electron chi connectivity index (χ0n) is 12.7. The molecule has 21 heavy (non-hydrogen) atoms. The molecular formula is C20H26S. The van der Waals surface area contributed by atoms with Crippen molar-refractivity contribution in [2.45, 2.75) is 49.0 Å². The van der Waals surface area contributed by atoms with E-state index in [-0.39, 0.29) is 0 Å². The van der Waals surface area contributed by atoms with Gasteiger partial charge in [0.1, 0.15) is 0 Å². The van der Waals surface area contributed by atoms with Gasteiger partial charge in [-0.3, -0.25) is 0 Å². The Morgan fingerprint density at radius 1 is 0.619 bits per heavy atom. The maximum Gasteiger partial charge on any atom is 0.00867 e. The molecule has 6 rings (SSSR count). The number of thioether (sulfide) groups is 1. The van der Waals surface area contributed by atoms with Crippen LogP contribution in [0.5, 0.6) is 0 Å². The third-order valence-electron chi connectivity index (χ3n) is 8.25. The molecule has 112 valence electrons. The first kappa shape index (κ1) is 12.3. The molecule has 0 aromatic heterocycles. The minimum absolute atomic E-state index is 0.985. The number of rotatable bonds is 2. The van der Waals surface area contributed by atoms with Crippen molar-refractivity contribution < 1.29 is 0 Å². The second kappa shape index (κ2) is 4.22. The van der Waals surface area contributed by atoms with Crippen LogP contribution in [0.1, 0.15) is 38.5 Å². The molecule has 0 nitrogen and oxygen atoms in total. The van der Waals surface area contributed by atoms with E-state index >= 15 is 0 Å². The van der Waals surface area contributed by atoms with E-state index in [9.17, 15) is 0 Å². The minimum Gasteiger partial charge on any atom is -0.155 e. The summed E-state index contributed by atoms with van der Waals surface area (Å²) in [6, 6.07) is 0. The Morgan fingerprint density at radius 2 is 1.14 bits per heavy atom. The van der Waals surface area contributed by atoms with E-state index in [0.29, 0.717) is 0 Å². The van der Waals surface area contributed by atoms with Crippen LogP contribution >= 0.6 is 11.8 Å². The quantitative estimate of drug-likeness (QED) is 0.652. The van der Waals surface area contributed by atoms with E-state index in [0.717, 1.165) is 57.8 Å². The van der Waals surface area contributed by atoms with Gasteiger partial charge in [0.05, 0.1) is 0 Å². The van der Waals surface area contributed by atoms with Gasteiger partial charge in [0.25, 0.3) is 0 Å². The van der Waals surface area contributed by atoms with Gasteiger partial charge in [-0.15, -0.1) is 0 Å². The maximum absolute atomic E-state index is 2.60. The molecule has 1 heteroatoms. The smallest absolute Gasteiger partial charge is 0.00867 e. The predicted molar refractivity (Wildman–Crippen MR) is 89.1 cm³/mol. The van der Waals surface area contributed by atoms with Crippen molar-refractivity contribution in [1.29, 1.82) is 0 Å². The highest BCUT2D eigenvalue weighted by Crippen LogP contribution is 2.64. The molecule has 0 spiro atoms. The predicted octanol–water partition coefficient (Wildman–Crippen LogP) is 4.92. The molecule has 0 aromatic carbocycles. The lowest BCUT2D eigenvalue weighted by atomic mass is 9.81. The van der Waals surface area contributed by atoms with Gasteiger partial charge in [0.15, 0.2) is 0 Å². The number of hydrogen-bond donors (Lipinski definition) is 0. The zero-order valence-corrected chi connectivity index (χ0v) is 13.6. The van der Waals surface area contributed by atoms with Gasteiger partial charge in [0.2, 0.25) is 0 Å². The molecule has 6 aliphatic carbocycles. The van der Waals surface area contributed by atoms with Crippen molar-refractivity contribution in [3.63, 3.8) is 0 Å². The van der Waals surface area contributed by atoms with Crippen LogP contribution < -0.4 is 0 Å². The molecule has 0 N–H and O–H groups in total. The summed E-state index contributed by atoms with van der Waals surface area (Å²) < 4.78 is 0. The highest BCUT2D eigenvalue weighted by molar-refractivity contribution is 8.00. The van der Waals surface area contributed by atoms with Crippen molar-refractivity contribution in [3.8, 4) is 0 Å². The minimum atomic E-state index is 0.985. The van der Waals surface area contributed by atoms with E-state index in [1.807, 2.05) is 0 Å². The summed E-state index contributed by atoms with van der Waals surface area (Å²) >= 11 is 2.47. The van der Waals surface area contributed by atoms with Gasteiger partial charge in [-0.25, -0.2) is 0 Å². The fourth-order valence-electron chi connectivity index (χ4n) is 7.51. The molecule has 6 aliphatic rings. The molecule has 4 saturated carbocycles. The average molecular weight is 298 g/mol. The second-order valence-electron chi connectivity index (χ2n) is 8.81. The Kier molecular flexibility index (Phi) is 2.47. The number of allylic oxidation sites excluding steroid dienone is 4. The molecule has 0 radical (unpaired) electrons. The van der Waals surface area contributed by atoms with Crippen LogP contribution in [0, 0.1) is 47.3 Å². The van der Waals surface area contributed by atoms with Crippen LogP contribution in [0.2, 0.25) is 0 Å². The summed E-state index contributed by atoms with van der Waals surface area (Å²) in [6.07, 6.45) is 19.3. The first-order valence-corrected chi connectivity index (χ1v) is 10.3. The zero-order chi connectivity index (χ0) is 13.6. The molecule has 4 bridgehead atoms. The molecule has 10 atom stereocenters. The Balaban J connectivity index is 1.19. The lowest BCUT2D eigenvalue weighted by molar-refractivity contribution is 0.281. The van der Waals surface area contributed by atoms with Crippen LogP contribution in [0.3, 0.4) is 0 Å². The van der Waals surface area contributed by atoms with Crippen LogP contribution in [0.15, 0.2) is 24.3 Å². The summed E-state index contributed by atoms with van der Waals surface area (Å²) in [5.74, 6) is 8.38. The van der Waals surface area contributed by atoms with Gasteiger partial charge in [0, 0.05) is 10.5 Å². The van der Waals surface area contributed by atoms with Crippen LogP contribution in [-0.2, 0) is 0 Å². The summed E-state index contributed by atoms with van der Waals surface area (Å²) in [5, 5.41) is 2.04. The third kappa shape index (κ3) is 1.55. The second-order valence-corrected chi connectivity index (χ2v) is 10.3. The Bertz CT molecular complexity index is 474. The average Bonchev–Trinajstić information content (AvgIpc) is 3.26. The van der Waals surface area contributed by atoms with Gasteiger partial charge < -0.3 is 0 Å². The SMILES string of the molecule is C1=CC2C(C1)C1CC(SC3CC4CC3C3C=CCC43)C2C1. The standard InChI is InChI=1S/C20H26S/c1-3-13-11-7-17(15(13)5-1)19(9-11)21-20-10-12-8-18(20)16-6-2-4-14(12)16/h1-2,5-6,11-20H,3-4,7-10H2. The van der Waals surface area contributed by atoms with Gasteiger partial charge in [-0.2, -0.15) is 11.8 Å². The van der Waals surface area contributed by atoms with Crippen molar-refractivity contribution >= 4 is 11.8 Å². The molecule has 0 amide bonds. The highest BCUT2D eigenvalue weighted by atomic mass is 32.2. The van der Waals surface area contributed by atoms with E-state index in [1.165, 1.54) is 12.8 Å². The Labute approximate surface area is 132 Å². The first-order chi connectivity index (χ1) is 10.4. The van der Waals surface area contributed by atoms with Crippen molar-refractivity contribution in [3.05, 3.63) is 24.3 Å². The fraction of sp³-hybridized carbons (Fsp3) is 0.800. The molecule has 0 aliphatic heterocycles. The topological polar surface area (TPSA) is 0 Å². The summed E-state index contributed by atoms with van der Waals surface area (Å²) in [5.41, 5.74) is 0. The Morgan fingerprint density at radius 3 is 1.67 bits per heavy atom. The summed E-state index contributed by atoms with van der Waals surface area (Å²) in [4.78, 5) is 0. The van der Waals surface area contributed by atoms with E-state index < -0.39 is 0 Å². The molecular weight excluding hydrogens is 272 g/mol. The molecule has 0 aromatic rings. The lowest BCUT2D eigenvalue weighted by Crippen LogP contribution is -2.31. The molecule has 0 heterocycles. The van der Waals surface area contributed by atoms with E-state index in [2.05, 4.69) is 36.1 Å². The van der Waals surface area contributed by atoms with Gasteiger partial charge in [-0.05, 0) is 85.9 Å². The van der Waals surface area contributed by atoms with Crippen LogP contribution in [0.4, 0.5) is 0 Å². The van der Waals surface area contributed by atoms with Gasteiger partial charge >= 0.3 is 0 Å². The lowest BCUT2D eigenvalue weighted by Gasteiger charge is -2.36. The molecule has 0 saturated heterocycles. The van der Waals surface area contributed by atoms with E-state index in [4.69, 9.17) is 0 Å². The summed E-state index contributed by atoms with van der Waals surface area (Å²) in [7, 11) is 0. The molecule has 4 fully saturated rings. The van der Waals surface area contributed by atoms with Crippen LogP contribution in [0.25, 0.3) is 0 Å². The first-order valence-electron chi connectivity index (χ1n) is 9.37.